The third-order valence-corrected chi connectivity index (χ3v) is 4.17. The summed E-state index contributed by atoms with van der Waals surface area (Å²) in [6, 6.07) is 11.3. The molecule has 1 heterocycles. The van der Waals surface area contributed by atoms with E-state index in [4.69, 9.17) is 16.0 Å². The van der Waals surface area contributed by atoms with Crippen LogP contribution in [0.3, 0.4) is 0 Å². The number of amides is 1. The molecule has 1 aromatic heterocycles. The van der Waals surface area contributed by atoms with Crippen molar-refractivity contribution in [1.29, 1.82) is 0 Å². The van der Waals surface area contributed by atoms with Crippen molar-refractivity contribution in [2.24, 2.45) is 0 Å². The molecule has 0 aliphatic rings. The number of halogens is 2. The van der Waals surface area contributed by atoms with Gasteiger partial charge >= 0.3 is 0 Å². The zero-order valence-electron chi connectivity index (χ0n) is 11.8. The van der Waals surface area contributed by atoms with Gasteiger partial charge in [-0.2, -0.15) is 0 Å². The Balaban J connectivity index is 1.78. The Morgan fingerprint density at radius 1 is 1.27 bits per heavy atom. The van der Waals surface area contributed by atoms with Gasteiger partial charge in [0.1, 0.15) is 5.58 Å². The molecule has 5 heteroatoms. The van der Waals surface area contributed by atoms with Gasteiger partial charge in [-0.1, -0.05) is 39.7 Å². The second-order valence-electron chi connectivity index (χ2n) is 5.11. The van der Waals surface area contributed by atoms with Gasteiger partial charge in [-0.05, 0) is 36.8 Å². The summed E-state index contributed by atoms with van der Waals surface area (Å²) in [6.45, 7) is 2.00. The first kappa shape index (κ1) is 15.1. The Labute approximate surface area is 141 Å². The van der Waals surface area contributed by atoms with E-state index in [0.29, 0.717) is 10.7 Å². The van der Waals surface area contributed by atoms with Crippen LogP contribution in [0.5, 0.6) is 0 Å². The van der Waals surface area contributed by atoms with Crippen molar-refractivity contribution in [3.63, 3.8) is 0 Å². The van der Waals surface area contributed by atoms with Crippen molar-refractivity contribution in [3.8, 4) is 0 Å². The molecule has 0 bridgehead atoms. The van der Waals surface area contributed by atoms with Crippen LogP contribution >= 0.6 is 27.5 Å². The maximum Gasteiger partial charge on any atom is 0.228 e. The lowest BCUT2D eigenvalue weighted by Gasteiger charge is -2.07. The van der Waals surface area contributed by atoms with Crippen LogP contribution in [0.25, 0.3) is 11.0 Å². The molecule has 112 valence electrons. The molecular formula is C17H13BrClNO2. The van der Waals surface area contributed by atoms with Gasteiger partial charge in [-0.3, -0.25) is 4.79 Å². The molecule has 3 aromatic rings. The van der Waals surface area contributed by atoms with Gasteiger partial charge in [0.2, 0.25) is 5.91 Å². The van der Waals surface area contributed by atoms with Gasteiger partial charge in [0.15, 0.2) is 0 Å². The Kier molecular flexibility index (Phi) is 4.23. The summed E-state index contributed by atoms with van der Waals surface area (Å²) in [6.07, 6.45) is 1.87. The van der Waals surface area contributed by atoms with E-state index in [0.717, 1.165) is 26.6 Å². The van der Waals surface area contributed by atoms with Crippen molar-refractivity contribution in [1.82, 2.24) is 0 Å². The monoisotopic (exact) mass is 377 g/mol. The van der Waals surface area contributed by atoms with Gasteiger partial charge in [-0.15, -0.1) is 0 Å². The van der Waals surface area contributed by atoms with Crippen molar-refractivity contribution >= 4 is 50.1 Å². The highest BCUT2D eigenvalue weighted by Crippen LogP contribution is 2.27. The highest BCUT2D eigenvalue weighted by atomic mass is 79.9. The van der Waals surface area contributed by atoms with Gasteiger partial charge < -0.3 is 9.73 Å². The molecule has 3 nitrogen and oxygen atoms in total. The fourth-order valence-corrected chi connectivity index (χ4v) is 3.01. The molecule has 0 saturated heterocycles. The van der Waals surface area contributed by atoms with E-state index in [9.17, 15) is 4.79 Å². The van der Waals surface area contributed by atoms with E-state index in [1.807, 2.05) is 31.2 Å². The first-order chi connectivity index (χ1) is 10.5. The summed E-state index contributed by atoms with van der Waals surface area (Å²) in [5.74, 6) is -0.132. The predicted octanol–water partition coefficient (Wildman–Crippen LogP) is 5.34. The molecule has 2 aromatic carbocycles. The van der Waals surface area contributed by atoms with E-state index in [-0.39, 0.29) is 12.3 Å². The topological polar surface area (TPSA) is 42.2 Å². The van der Waals surface area contributed by atoms with Crippen LogP contribution in [0.1, 0.15) is 11.1 Å². The number of aryl methyl sites for hydroxylation is 1. The summed E-state index contributed by atoms with van der Waals surface area (Å²) >= 11 is 9.44. The third kappa shape index (κ3) is 3.18. The molecule has 3 rings (SSSR count). The molecule has 0 saturated carbocycles. The lowest BCUT2D eigenvalue weighted by Crippen LogP contribution is -2.14. The normalized spacial score (nSPS) is 10.9. The number of hydrogen-bond acceptors (Lipinski definition) is 2. The lowest BCUT2D eigenvalue weighted by molar-refractivity contribution is -0.115. The Hall–Kier alpha value is -1.78. The smallest absolute Gasteiger partial charge is 0.228 e. The van der Waals surface area contributed by atoms with Crippen LogP contribution in [0.15, 0.2) is 51.6 Å². The Morgan fingerprint density at radius 2 is 2.09 bits per heavy atom. The number of carbonyl (C=O) groups excluding carboxylic acids is 1. The largest absolute Gasteiger partial charge is 0.464 e. The Morgan fingerprint density at radius 3 is 2.86 bits per heavy atom. The summed E-state index contributed by atoms with van der Waals surface area (Å²) in [5.41, 5.74) is 3.38. The number of fused-ring (bicyclic) bond motifs is 1. The van der Waals surface area contributed by atoms with Crippen molar-refractivity contribution < 1.29 is 9.21 Å². The first-order valence-electron chi connectivity index (χ1n) is 6.74. The second kappa shape index (κ2) is 6.15. The molecule has 0 fully saturated rings. The molecule has 0 atom stereocenters. The van der Waals surface area contributed by atoms with Gasteiger partial charge in [0, 0.05) is 15.4 Å². The zero-order valence-corrected chi connectivity index (χ0v) is 14.2. The van der Waals surface area contributed by atoms with Crippen molar-refractivity contribution in [2.75, 3.05) is 5.32 Å². The molecule has 0 aliphatic heterocycles. The van der Waals surface area contributed by atoms with E-state index < -0.39 is 0 Å². The van der Waals surface area contributed by atoms with E-state index in [2.05, 4.69) is 21.2 Å². The third-order valence-electron chi connectivity index (χ3n) is 3.37. The average Bonchev–Trinajstić information content (AvgIpc) is 2.84. The molecule has 0 aliphatic carbocycles. The van der Waals surface area contributed by atoms with Crippen molar-refractivity contribution in [3.05, 3.63) is 63.3 Å². The fraction of sp³-hybridized carbons (Fsp3) is 0.118. The number of anilines is 1. The number of nitrogens with one attached hydrogen (secondary N) is 1. The molecule has 1 amide bonds. The highest BCUT2D eigenvalue weighted by Gasteiger charge is 2.12. The molecule has 1 N–H and O–H groups in total. The van der Waals surface area contributed by atoms with Crippen LogP contribution in [-0.2, 0) is 11.2 Å². The molecule has 0 radical (unpaired) electrons. The number of carbonyl (C=O) groups is 1. The number of hydrogen-bond donors (Lipinski definition) is 1. The van der Waals surface area contributed by atoms with Crippen LogP contribution in [-0.4, -0.2) is 5.91 Å². The summed E-state index contributed by atoms with van der Waals surface area (Å²) in [4.78, 5) is 12.2. The van der Waals surface area contributed by atoms with Crippen LogP contribution in [0, 0.1) is 6.92 Å². The lowest BCUT2D eigenvalue weighted by atomic mass is 10.1. The minimum atomic E-state index is -0.132. The predicted molar refractivity (Wildman–Crippen MR) is 92.4 cm³/mol. The summed E-state index contributed by atoms with van der Waals surface area (Å²) in [5, 5.41) is 4.27. The number of furan rings is 1. The summed E-state index contributed by atoms with van der Waals surface area (Å²) < 4.78 is 6.38. The number of rotatable bonds is 3. The van der Waals surface area contributed by atoms with Crippen LogP contribution in [0.2, 0.25) is 5.02 Å². The van der Waals surface area contributed by atoms with E-state index in [1.165, 1.54) is 0 Å². The summed E-state index contributed by atoms with van der Waals surface area (Å²) in [7, 11) is 0. The van der Waals surface area contributed by atoms with E-state index >= 15 is 0 Å². The van der Waals surface area contributed by atoms with Gasteiger partial charge in [0.05, 0.1) is 23.4 Å². The maximum atomic E-state index is 12.2. The molecule has 0 spiro atoms. The molecule has 0 unspecified atom stereocenters. The standard InChI is InChI=1S/C17H13BrClNO2/c1-10-2-4-13-11(9-22-16(13)6-10)7-17(21)20-15-5-3-12(18)8-14(15)19/h2-6,8-9H,7H2,1H3,(H,20,21). The molecule has 22 heavy (non-hydrogen) atoms. The SMILES string of the molecule is Cc1ccc2c(CC(=O)Nc3ccc(Br)cc3Cl)coc2c1. The van der Waals surface area contributed by atoms with E-state index in [1.54, 1.807) is 18.4 Å². The minimum absolute atomic E-state index is 0.132. The fourth-order valence-electron chi connectivity index (χ4n) is 2.29. The highest BCUT2D eigenvalue weighted by molar-refractivity contribution is 9.10. The van der Waals surface area contributed by atoms with Gasteiger partial charge in [0.25, 0.3) is 0 Å². The average molecular weight is 379 g/mol. The van der Waals surface area contributed by atoms with Crippen LogP contribution < -0.4 is 5.32 Å². The Bertz CT molecular complexity index is 857. The van der Waals surface area contributed by atoms with Crippen molar-refractivity contribution in [2.45, 2.75) is 13.3 Å². The van der Waals surface area contributed by atoms with Gasteiger partial charge in [-0.25, -0.2) is 0 Å². The zero-order chi connectivity index (χ0) is 15.7. The first-order valence-corrected chi connectivity index (χ1v) is 7.91. The second-order valence-corrected chi connectivity index (χ2v) is 6.43. The minimum Gasteiger partial charge on any atom is -0.464 e. The van der Waals surface area contributed by atoms with Crippen LogP contribution in [0.4, 0.5) is 5.69 Å². The molecular weight excluding hydrogens is 366 g/mol. The number of benzene rings is 2. The maximum absolute atomic E-state index is 12.2. The quantitative estimate of drug-likeness (QED) is 0.668.